The molecule has 3 heterocycles. The van der Waals surface area contributed by atoms with Gasteiger partial charge in [-0.2, -0.15) is 0 Å². The minimum absolute atomic E-state index is 0.170. The number of anilines is 1. The van der Waals surface area contributed by atoms with Crippen LogP contribution in [0.25, 0.3) is 0 Å². The molecule has 1 aliphatic heterocycles. The first-order valence-electron chi connectivity index (χ1n) is 9.35. The van der Waals surface area contributed by atoms with Crippen LogP contribution in [0.2, 0.25) is 0 Å². The maximum absolute atomic E-state index is 5.93. The van der Waals surface area contributed by atoms with Gasteiger partial charge in [0.15, 0.2) is 6.10 Å². The van der Waals surface area contributed by atoms with Crippen molar-refractivity contribution in [2.75, 3.05) is 12.8 Å². The summed E-state index contributed by atoms with van der Waals surface area (Å²) < 4.78 is 10.9. The fourth-order valence-electron chi connectivity index (χ4n) is 3.15. The quantitative estimate of drug-likeness (QED) is 0.661. The van der Waals surface area contributed by atoms with E-state index in [0.717, 1.165) is 28.3 Å². The predicted molar refractivity (Wildman–Crippen MR) is 110 cm³/mol. The Morgan fingerprint density at radius 2 is 1.97 bits per heavy atom. The number of oxime groups is 1. The first-order chi connectivity index (χ1) is 14.2. The highest BCUT2D eigenvalue weighted by atomic mass is 16.6. The molecule has 2 aromatic heterocycles. The molecular formula is C22H22N4O3. The van der Waals surface area contributed by atoms with E-state index in [1.165, 1.54) is 0 Å². The van der Waals surface area contributed by atoms with Gasteiger partial charge in [0.05, 0.1) is 18.5 Å². The molecule has 0 saturated carbocycles. The fourth-order valence-corrected chi connectivity index (χ4v) is 3.15. The molecule has 0 spiro atoms. The summed E-state index contributed by atoms with van der Waals surface area (Å²) in [6.07, 6.45) is 2.92. The number of nitrogen functional groups attached to an aromatic ring is 1. The maximum atomic E-state index is 5.93. The monoisotopic (exact) mass is 390 g/mol. The number of hydrogen-bond donors (Lipinski definition) is 1. The van der Waals surface area contributed by atoms with E-state index in [-0.39, 0.29) is 6.10 Å². The molecule has 3 aromatic rings. The van der Waals surface area contributed by atoms with Gasteiger partial charge in [-0.15, -0.1) is 0 Å². The summed E-state index contributed by atoms with van der Waals surface area (Å²) in [5.74, 6) is 1.84. The molecule has 2 N–H and O–H groups in total. The summed E-state index contributed by atoms with van der Waals surface area (Å²) in [6.45, 7) is 0.380. The van der Waals surface area contributed by atoms with Gasteiger partial charge >= 0.3 is 0 Å². The van der Waals surface area contributed by atoms with E-state index in [9.17, 15) is 0 Å². The molecular weight excluding hydrogens is 368 g/mol. The molecule has 1 aromatic carbocycles. The van der Waals surface area contributed by atoms with Crippen LogP contribution in [0.4, 0.5) is 5.82 Å². The van der Waals surface area contributed by atoms with E-state index in [0.29, 0.717) is 31.1 Å². The molecule has 1 atom stereocenters. The number of nitrogens with two attached hydrogens (primary N) is 1. The zero-order chi connectivity index (χ0) is 20.1. The SMILES string of the molecule is COc1cccc(COc2ccc(CC3=NOC(c4cccnc4N)C3)cc2)n1. The fraction of sp³-hybridized carbons (Fsp3) is 0.227. The number of methoxy groups -OCH3 is 1. The number of pyridine rings is 2. The van der Waals surface area contributed by atoms with Crippen LogP contribution in [0.5, 0.6) is 11.6 Å². The molecule has 0 radical (unpaired) electrons. The number of nitrogens with zero attached hydrogens (tertiary/aromatic N) is 3. The standard InChI is InChI=1S/C22H22N4O3/c1-27-21-6-2-4-16(25-21)14-28-18-9-7-15(8-10-18)12-17-13-20(29-26-17)19-5-3-11-24-22(19)23/h2-11,20H,12-14H2,1H3,(H2,23,24). The van der Waals surface area contributed by atoms with Crippen molar-refractivity contribution in [2.45, 2.75) is 25.6 Å². The van der Waals surface area contributed by atoms with Crippen LogP contribution >= 0.6 is 0 Å². The maximum Gasteiger partial charge on any atom is 0.213 e. The second kappa shape index (κ2) is 8.60. The molecule has 0 bridgehead atoms. The highest BCUT2D eigenvalue weighted by molar-refractivity contribution is 5.87. The number of rotatable bonds is 7. The summed E-state index contributed by atoms with van der Waals surface area (Å²) in [5.41, 5.74) is 9.74. The van der Waals surface area contributed by atoms with Crippen molar-refractivity contribution >= 4 is 11.5 Å². The Morgan fingerprint density at radius 3 is 2.76 bits per heavy atom. The van der Waals surface area contributed by atoms with E-state index >= 15 is 0 Å². The Kier molecular flexibility index (Phi) is 5.56. The summed E-state index contributed by atoms with van der Waals surface area (Å²) >= 11 is 0. The lowest BCUT2D eigenvalue weighted by Crippen LogP contribution is -2.06. The van der Waals surface area contributed by atoms with E-state index in [1.807, 2.05) is 48.5 Å². The van der Waals surface area contributed by atoms with Crippen molar-refractivity contribution in [1.82, 2.24) is 9.97 Å². The zero-order valence-electron chi connectivity index (χ0n) is 16.1. The van der Waals surface area contributed by atoms with Gasteiger partial charge in [-0.1, -0.05) is 23.4 Å². The highest BCUT2D eigenvalue weighted by Crippen LogP contribution is 2.31. The van der Waals surface area contributed by atoms with Crippen LogP contribution in [0, 0.1) is 0 Å². The van der Waals surface area contributed by atoms with E-state index in [2.05, 4.69) is 15.1 Å². The molecule has 4 rings (SSSR count). The Labute approximate surface area is 169 Å². The van der Waals surface area contributed by atoms with Crippen molar-refractivity contribution in [2.24, 2.45) is 5.16 Å². The van der Waals surface area contributed by atoms with Gasteiger partial charge in [-0.3, -0.25) is 0 Å². The summed E-state index contributed by atoms with van der Waals surface area (Å²) in [6, 6.07) is 17.3. The lowest BCUT2D eigenvalue weighted by molar-refractivity contribution is 0.0860. The lowest BCUT2D eigenvalue weighted by Gasteiger charge is -2.10. The number of ether oxygens (including phenoxy) is 2. The third-order valence-electron chi connectivity index (χ3n) is 4.66. The summed E-state index contributed by atoms with van der Waals surface area (Å²) in [5, 5.41) is 4.23. The number of aromatic nitrogens is 2. The van der Waals surface area contributed by atoms with Gasteiger partial charge in [0.25, 0.3) is 0 Å². The second-order valence-electron chi connectivity index (χ2n) is 6.71. The molecule has 1 aliphatic rings. The zero-order valence-corrected chi connectivity index (χ0v) is 16.1. The lowest BCUT2D eigenvalue weighted by atomic mass is 10.0. The first kappa shape index (κ1) is 18.7. The van der Waals surface area contributed by atoms with Crippen LogP contribution in [-0.2, 0) is 17.9 Å². The van der Waals surface area contributed by atoms with Crippen molar-refractivity contribution in [1.29, 1.82) is 0 Å². The predicted octanol–water partition coefficient (Wildman–Crippen LogP) is 3.71. The Bertz CT molecular complexity index is 1000. The molecule has 1 unspecified atom stereocenters. The van der Waals surface area contributed by atoms with Gasteiger partial charge in [-0.25, -0.2) is 9.97 Å². The Hall–Kier alpha value is -3.61. The van der Waals surface area contributed by atoms with Gasteiger partial charge < -0.3 is 20.0 Å². The van der Waals surface area contributed by atoms with Crippen molar-refractivity contribution < 1.29 is 14.3 Å². The Morgan fingerprint density at radius 1 is 1.10 bits per heavy atom. The molecule has 7 nitrogen and oxygen atoms in total. The molecule has 0 aliphatic carbocycles. The summed E-state index contributed by atoms with van der Waals surface area (Å²) in [4.78, 5) is 14.0. The minimum atomic E-state index is -0.170. The van der Waals surface area contributed by atoms with Crippen LogP contribution in [0.15, 0.2) is 65.9 Å². The molecule has 0 fully saturated rings. The highest BCUT2D eigenvalue weighted by Gasteiger charge is 2.24. The smallest absolute Gasteiger partial charge is 0.213 e. The van der Waals surface area contributed by atoms with Gasteiger partial charge in [0, 0.05) is 30.7 Å². The second-order valence-corrected chi connectivity index (χ2v) is 6.71. The van der Waals surface area contributed by atoms with Crippen LogP contribution < -0.4 is 15.2 Å². The van der Waals surface area contributed by atoms with E-state index < -0.39 is 0 Å². The Balaban J connectivity index is 1.31. The topological polar surface area (TPSA) is 91.8 Å². The third kappa shape index (κ3) is 4.63. The van der Waals surface area contributed by atoms with Crippen LogP contribution in [0.1, 0.15) is 29.3 Å². The number of benzene rings is 1. The van der Waals surface area contributed by atoms with Gasteiger partial charge in [-0.05, 0) is 35.9 Å². The first-order valence-corrected chi connectivity index (χ1v) is 9.35. The molecule has 0 amide bonds. The van der Waals surface area contributed by atoms with Crippen molar-refractivity contribution in [3.63, 3.8) is 0 Å². The largest absolute Gasteiger partial charge is 0.487 e. The van der Waals surface area contributed by atoms with Crippen molar-refractivity contribution in [3.8, 4) is 11.6 Å². The average molecular weight is 390 g/mol. The minimum Gasteiger partial charge on any atom is -0.487 e. The molecule has 29 heavy (non-hydrogen) atoms. The summed E-state index contributed by atoms with van der Waals surface area (Å²) in [7, 11) is 1.60. The molecule has 148 valence electrons. The molecule has 0 saturated heterocycles. The molecule has 7 heteroatoms. The van der Waals surface area contributed by atoms with E-state index in [4.69, 9.17) is 20.0 Å². The van der Waals surface area contributed by atoms with Crippen molar-refractivity contribution in [3.05, 3.63) is 77.6 Å². The average Bonchev–Trinajstić information content (AvgIpc) is 3.22. The van der Waals surface area contributed by atoms with Gasteiger partial charge in [0.1, 0.15) is 18.2 Å². The van der Waals surface area contributed by atoms with Gasteiger partial charge in [0.2, 0.25) is 5.88 Å². The third-order valence-corrected chi connectivity index (χ3v) is 4.66. The van der Waals surface area contributed by atoms with E-state index in [1.54, 1.807) is 19.4 Å². The number of hydrogen-bond acceptors (Lipinski definition) is 7. The normalized spacial score (nSPS) is 15.5. The van der Waals surface area contributed by atoms with Crippen LogP contribution in [0.3, 0.4) is 0 Å². The van der Waals surface area contributed by atoms with Crippen LogP contribution in [-0.4, -0.2) is 22.8 Å².